The van der Waals surface area contributed by atoms with E-state index in [0.717, 1.165) is 0 Å². The Morgan fingerprint density at radius 2 is 2.09 bits per heavy atom. The van der Waals surface area contributed by atoms with Gasteiger partial charge in [0.05, 0.1) is 6.42 Å². The summed E-state index contributed by atoms with van der Waals surface area (Å²) in [6.07, 6.45) is -0.516. The molecule has 2 atom stereocenters. The van der Waals surface area contributed by atoms with Gasteiger partial charge in [0.1, 0.15) is 5.25 Å². The van der Waals surface area contributed by atoms with Gasteiger partial charge < -0.3 is 9.39 Å². The van der Waals surface area contributed by atoms with Crippen molar-refractivity contribution in [1.82, 2.24) is 5.06 Å². The average Bonchev–Trinajstić information content (AvgIpc) is 2.76. The largest absolute Gasteiger partial charge is 0.772 e. The maximum absolute atomic E-state index is 11.7. The minimum atomic E-state index is -2.74. The van der Waals surface area contributed by atoms with Crippen LogP contribution in [0.5, 0.6) is 0 Å². The van der Waals surface area contributed by atoms with Crippen molar-refractivity contribution in [3.63, 3.8) is 0 Å². The fourth-order valence-electron chi connectivity index (χ4n) is 1.70. The van der Waals surface area contributed by atoms with Gasteiger partial charge in [-0.1, -0.05) is 17.2 Å². The first-order valence-corrected chi connectivity index (χ1v) is 6.94. The Morgan fingerprint density at radius 3 is 2.59 bits per heavy atom. The zero-order chi connectivity index (χ0) is 16.3. The lowest BCUT2D eigenvalue weighted by Gasteiger charge is -2.16. The topological polar surface area (TPSA) is 159 Å². The molecular formula is C11H8N5O5S-. The van der Waals surface area contributed by atoms with Crippen LogP contribution in [-0.2, 0) is 25.5 Å². The molecule has 0 bridgehead atoms. The summed E-state index contributed by atoms with van der Waals surface area (Å²) in [6.45, 7) is 0. The van der Waals surface area contributed by atoms with Crippen LogP contribution < -0.4 is 0 Å². The van der Waals surface area contributed by atoms with Crippen LogP contribution in [0.25, 0.3) is 10.4 Å². The number of carbonyl (C=O) groups excluding carboxylic acids is 2. The van der Waals surface area contributed by atoms with Crippen molar-refractivity contribution in [1.29, 1.82) is 5.41 Å². The maximum Gasteiger partial charge on any atom is 0.278 e. The van der Waals surface area contributed by atoms with Gasteiger partial charge in [-0.3, -0.25) is 19.2 Å². The van der Waals surface area contributed by atoms with E-state index in [4.69, 9.17) is 15.8 Å². The molecule has 11 heteroatoms. The molecule has 2 rings (SSSR count). The van der Waals surface area contributed by atoms with Crippen molar-refractivity contribution >= 4 is 34.5 Å². The molecule has 0 saturated carbocycles. The Balaban J connectivity index is 2.11. The summed E-state index contributed by atoms with van der Waals surface area (Å²) in [5, 5.41) is 9.82. The van der Waals surface area contributed by atoms with Gasteiger partial charge in [0, 0.05) is 16.2 Å². The van der Waals surface area contributed by atoms with Crippen molar-refractivity contribution in [2.75, 3.05) is 0 Å². The van der Waals surface area contributed by atoms with E-state index in [-0.39, 0.29) is 10.6 Å². The zero-order valence-electron chi connectivity index (χ0n) is 10.8. The second-order valence-corrected chi connectivity index (χ2v) is 5.23. The van der Waals surface area contributed by atoms with Gasteiger partial charge >= 0.3 is 0 Å². The Hall–Kier alpha value is -2.75. The fourth-order valence-corrected chi connectivity index (χ4v) is 2.24. The van der Waals surface area contributed by atoms with Crippen molar-refractivity contribution in [2.45, 2.75) is 11.7 Å². The molecule has 22 heavy (non-hydrogen) atoms. The van der Waals surface area contributed by atoms with E-state index in [0.29, 0.717) is 5.69 Å². The normalized spacial score (nSPS) is 18.8. The third kappa shape index (κ3) is 3.11. The van der Waals surface area contributed by atoms with E-state index in [2.05, 4.69) is 10.0 Å². The number of azide groups is 1. The second kappa shape index (κ2) is 6.35. The van der Waals surface area contributed by atoms with Crippen molar-refractivity contribution < 1.29 is 23.2 Å². The Kier molecular flexibility index (Phi) is 4.51. The molecule has 1 N–H and O–H groups in total. The number of amides is 2. The summed E-state index contributed by atoms with van der Waals surface area (Å²) in [5.41, 5.74) is 8.80. The molecule has 0 radical (unpaired) electrons. The van der Waals surface area contributed by atoms with Crippen molar-refractivity contribution in [2.24, 2.45) is 5.11 Å². The number of rotatable bonds is 4. The third-order valence-electron chi connectivity index (χ3n) is 2.77. The van der Waals surface area contributed by atoms with E-state index < -0.39 is 40.5 Å². The minimum absolute atomic E-state index is 0.212. The van der Waals surface area contributed by atoms with Gasteiger partial charge in [0.25, 0.3) is 11.8 Å². The third-order valence-corrected chi connectivity index (χ3v) is 3.60. The Morgan fingerprint density at radius 1 is 1.45 bits per heavy atom. The predicted octanol–water partition coefficient (Wildman–Crippen LogP) is 0.892. The van der Waals surface area contributed by atoms with Crippen LogP contribution in [0.3, 0.4) is 0 Å². The van der Waals surface area contributed by atoms with Gasteiger partial charge in [-0.2, -0.15) is 0 Å². The molecule has 1 aliphatic rings. The molecule has 1 aromatic rings. The summed E-state index contributed by atoms with van der Waals surface area (Å²) in [7, 11) is 0. The maximum atomic E-state index is 11.7. The zero-order valence-corrected chi connectivity index (χ0v) is 11.6. The lowest BCUT2D eigenvalue weighted by molar-refractivity contribution is -0.167. The average molecular weight is 322 g/mol. The number of nitrogens with one attached hydrogen (secondary N) is 1. The summed E-state index contributed by atoms with van der Waals surface area (Å²) >= 11 is -2.74. The molecule has 0 spiro atoms. The summed E-state index contributed by atoms with van der Waals surface area (Å²) in [4.78, 5) is 30.7. The summed E-state index contributed by atoms with van der Waals surface area (Å²) < 4.78 is 21.6. The Bertz CT molecular complexity index is 712. The van der Waals surface area contributed by atoms with E-state index >= 15 is 0 Å². The molecule has 1 aromatic carbocycles. The van der Waals surface area contributed by atoms with Gasteiger partial charge in [0.2, 0.25) is 5.90 Å². The van der Waals surface area contributed by atoms with Crippen molar-refractivity contribution in [3.8, 4) is 0 Å². The SMILES string of the molecule is [N-]=[N+]=Nc1ccc(C(=N)ON2C(=O)CC(S(=O)[O-])C2=O)cc1. The predicted molar refractivity (Wildman–Crippen MR) is 72.3 cm³/mol. The number of hydroxylamine groups is 2. The van der Waals surface area contributed by atoms with E-state index in [1.54, 1.807) is 0 Å². The first-order valence-electron chi connectivity index (χ1n) is 5.81. The molecule has 114 valence electrons. The molecule has 1 aliphatic heterocycles. The quantitative estimate of drug-likeness (QED) is 0.165. The van der Waals surface area contributed by atoms with Crippen LogP contribution in [0.4, 0.5) is 5.69 Å². The lowest BCUT2D eigenvalue weighted by atomic mass is 10.2. The van der Waals surface area contributed by atoms with E-state index in [1.165, 1.54) is 24.3 Å². The summed E-state index contributed by atoms with van der Waals surface area (Å²) in [5.74, 6) is -2.39. The number of hydrogen-bond donors (Lipinski definition) is 1. The van der Waals surface area contributed by atoms with E-state index in [1.807, 2.05) is 0 Å². The van der Waals surface area contributed by atoms with Gasteiger partial charge in [0.15, 0.2) is 0 Å². The molecule has 1 fully saturated rings. The molecule has 2 unspecified atom stereocenters. The van der Waals surface area contributed by atoms with Gasteiger partial charge in [-0.05, 0) is 28.7 Å². The molecule has 2 amide bonds. The van der Waals surface area contributed by atoms with E-state index in [9.17, 15) is 18.4 Å². The highest BCUT2D eigenvalue weighted by Gasteiger charge is 2.42. The number of benzene rings is 1. The van der Waals surface area contributed by atoms with Crippen LogP contribution in [-0.4, -0.2) is 36.8 Å². The Labute approximate surface area is 126 Å². The molecule has 10 nitrogen and oxygen atoms in total. The van der Waals surface area contributed by atoms with Crippen molar-refractivity contribution in [3.05, 3.63) is 40.3 Å². The minimum Gasteiger partial charge on any atom is -0.772 e. The number of carbonyl (C=O) groups is 2. The first-order chi connectivity index (χ1) is 10.4. The first kappa shape index (κ1) is 15.6. The smallest absolute Gasteiger partial charge is 0.278 e. The van der Waals surface area contributed by atoms with Crippen LogP contribution in [0, 0.1) is 5.41 Å². The highest BCUT2D eigenvalue weighted by atomic mass is 32.2. The second-order valence-electron chi connectivity index (χ2n) is 4.14. The molecule has 1 saturated heterocycles. The number of hydrogen-bond acceptors (Lipinski definition) is 7. The summed E-state index contributed by atoms with van der Waals surface area (Å²) in [6, 6.07) is 5.60. The number of nitrogens with zero attached hydrogens (tertiary/aromatic N) is 4. The highest BCUT2D eigenvalue weighted by molar-refractivity contribution is 7.80. The van der Waals surface area contributed by atoms with Crippen LogP contribution in [0.15, 0.2) is 29.4 Å². The lowest BCUT2D eigenvalue weighted by Crippen LogP contribution is -2.35. The standard InChI is InChI=1S/C11H9N5O5S/c12-10(6-1-3-7(4-2-6)14-15-13)21-16-9(17)5-8(11(16)18)22(19)20/h1-4,8,12H,5H2,(H,19,20)/p-1. The molecule has 1 heterocycles. The van der Waals surface area contributed by atoms with Crippen LogP contribution in [0.1, 0.15) is 12.0 Å². The monoisotopic (exact) mass is 322 g/mol. The fraction of sp³-hybridized carbons (Fsp3) is 0.182. The molecule has 0 aliphatic carbocycles. The van der Waals surface area contributed by atoms with Gasteiger partial charge in [-0.25, -0.2) is 0 Å². The van der Waals surface area contributed by atoms with Crippen LogP contribution >= 0.6 is 0 Å². The molecular weight excluding hydrogens is 314 g/mol. The molecule has 0 aromatic heterocycles. The van der Waals surface area contributed by atoms with Crippen LogP contribution in [0.2, 0.25) is 0 Å². The highest BCUT2D eigenvalue weighted by Crippen LogP contribution is 2.19. The van der Waals surface area contributed by atoms with Gasteiger partial charge in [-0.15, -0.1) is 5.06 Å². The number of imide groups is 1.